The monoisotopic (exact) mass is 382 g/mol. The van der Waals surface area contributed by atoms with Crippen LogP contribution in [0.25, 0.3) is 10.2 Å². The van der Waals surface area contributed by atoms with Crippen molar-refractivity contribution < 1.29 is 27.4 Å². The highest BCUT2D eigenvalue weighted by molar-refractivity contribution is 7.18. The van der Waals surface area contributed by atoms with Gasteiger partial charge in [0, 0.05) is 5.69 Å². The van der Waals surface area contributed by atoms with Gasteiger partial charge in [0.25, 0.3) is 0 Å². The Morgan fingerprint density at radius 3 is 2.69 bits per heavy atom. The number of anilines is 1. The Kier molecular flexibility index (Phi) is 4.99. The SMILES string of the molecule is COC(=O)Nc1ccc(OCc2nc3ccccc3s2)c(C(F)(F)F)c1. The molecule has 9 heteroatoms. The minimum atomic E-state index is -4.64. The molecule has 3 rings (SSSR count). The third-order valence-electron chi connectivity index (χ3n) is 3.41. The molecule has 0 aliphatic carbocycles. The molecule has 0 atom stereocenters. The molecule has 0 unspecified atom stereocenters. The summed E-state index contributed by atoms with van der Waals surface area (Å²) in [6.07, 6.45) is -5.50. The van der Waals surface area contributed by atoms with Crippen LogP contribution in [-0.2, 0) is 17.5 Å². The normalized spacial score (nSPS) is 11.4. The van der Waals surface area contributed by atoms with Crippen LogP contribution in [0, 0.1) is 0 Å². The number of thiazole rings is 1. The molecule has 2 aromatic carbocycles. The molecule has 5 nitrogen and oxygen atoms in total. The second-order valence-electron chi connectivity index (χ2n) is 5.19. The second kappa shape index (κ2) is 7.20. The minimum absolute atomic E-state index is 0.0449. The lowest BCUT2D eigenvalue weighted by Gasteiger charge is -2.15. The van der Waals surface area contributed by atoms with Gasteiger partial charge < -0.3 is 9.47 Å². The van der Waals surface area contributed by atoms with Crippen LogP contribution in [0.15, 0.2) is 42.5 Å². The first-order valence-electron chi connectivity index (χ1n) is 7.40. The molecular weight excluding hydrogens is 369 g/mol. The number of nitrogens with one attached hydrogen (secondary N) is 1. The lowest BCUT2D eigenvalue weighted by atomic mass is 10.1. The van der Waals surface area contributed by atoms with Crippen LogP contribution in [-0.4, -0.2) is 18.2 Å². The van der Waals surface area contributed by atoms with Gasteiger partial charge in [-0.3, -0.25) is 5.32 Å². The first-order valence-corrected chi connectivity index (χ1v) is 8.22. The Hall–Kier alpha value is -2.81. The lowest BCUT2D eigenvalue weighted by Crippen LogP contribution is -2.13. The van der Waals surface area contributed by atoms with E-state index >= 15 is 0 Å². The number of halogens is 3. The van der Waals surface area contributed by atoms with Gasteiger partial charge in [0.05, 0.1) is 22.9 Å². The molecule has 0 aliphatic heterocycles. The number of nitrogens with zero attached hydrogens (tertiary/aromatic N) is 1. The Morgan fingerprint density at radius 2 is 2.00 bits per heavy atom. The number of ether oxygens (including phenoxy) is 2. The summed E-state index contributed by atoms with van der Waals surface area (Å²) in [7, 11) is 1.12. The molecule has 0 aliphatic rings. The predicted octanol–water partition coefficient (Wildman–Crippen LogP) is 5.07. The number of rotatable bonds is 4. The number of hydrogen-bond donors (Lipinski definition) is 1. The van der Waals surface area contributed by atoms with Crippen molar-refractivity contribution in [3.63, 3.8) is 0 Å². The van der Waals surface area contributed by atoms with Crippen molar-refractivity contribution in [3.8, 4) is 5.75 Å². The third kappa shape index (κ3) is 4.05. The molecule has 0 saturated carbocycles. The Bertz CT molecular complexity index is 907. The number of carbonyl (C=O) groups excluding carboxylic acids is 1. The first kappa shape index (κ1) is 18.0. The Balaban J connectivity index is 1.82. The van der Waals surface area contributed by atoms with Gasteiger partial charge in [-0.2, -0.15) is 13.2 Å². The van der Waals surface area contributed by atoms with Crippen molar-refractivity contribution >= 4 is 33.3 Å². The fraction of sp³-hybridized carbons (Fsp3) is 0.176. The van der Waals surface area contributed by atoms with Crippen LogP contribution in [0.1, 0.15) is 10.6 Å². The van der Waals surface area contributed by atoms with Gasteiger partial charge in [0.15, 0.2) is 0 Å². The van der Waals surface area contributed by atoms with E-state index in [0.717, 1.165) is 29.5 Å². The number of alkyl halides is 3. The van der Waals surface area contributed by atoms with Gasteiger partial charge >= 0.3 is 12.3 Å². The van der Waals surface area contributed by atoms with Crippen molar-refractivity contribution in [2.75, 3.05) is 12.4 Å². The molecule has 0 spiro atoms. The van der Waals surface area contributed by atoms with E-state index in [1.807, 2.05) is 24.3 Å². The van der Waals surface area contributed by atoms with E-state index in [1.54, 1.807) is 0 Å². The summed E-state index contributed by atoms with van der Waals surface area (Å²) in [5.74, 6) is -0.341. The van der Waals surface area contributed by atoms with Crippen LogP contribution in [0.2, 0.25) is 0 Å². The smallest absolute Gasteiger partial charge is 0.420 e. The summed E-state index contributed by atoms with van der Waals surface area (Å²) in [4.78, 5) is 15.5. The number of benzene rings is 2. The molecule has 0 saturated heterocycles. The van der Waals surface area contributed by atoms with E-state index in [1.165, 1.54) is 17.4 Å². The molecule has 1 heterocycles. The van der Waals surface area contributed by atoms with Crippen molar-refractivity contribution in [2.45, 2.75) is 12.8 Å². The fourth-order valence-electron chi connectivity index (χ4n) is 2.25. The van der Waals surface area contributed by atoms with Gasteiger partial charge in [0.2, 0.25) is 0 Å². The van der Waals surface area contributed by atoms with E-state index < -0.39 is 17.8 Å². The van der Waals surface area contributed by atoms with E-state index in [0.29, 0.717) is 5.01 Å². The predicted molar refractivity (Wildman–Crippen MR) is 91.4 cm³/mol. The van der Waals surface area contributed by atoms with Gasteiger partial charge in [-0.15, -0.1) is 11.3 Å². The summed E-state index contributed by atoms with van der Waals surface area (Å²) >= 11 is 1.35. The van der Waals surface area contributed by atoms with Crippen molar-refractivity contribution in [2.24, 2.45) is 0 Å². The number of hydrogen-bond acceptors (Lipinski definition) is 5. The maximum Gasteiger partial charge on any atom is 0.420 e. The molecule has 0 fully saturated rings. The molecule has 1 amide bonds. The van der Waals surface area contributed by atoms with Crippen LogP contribution in [0.5, 0.6) is 5.75 Å². The van der Waals surface area contributed by atoms with E-state index in [2.05, 4.69) is 15.0 Å². The van der Waals surface area contributed by atoms with Crippen molar-refractivity contribution in [3.05, 3.63) is 53.0 Å². The lowest BCUT2D eigenvalue weighted by molar-refractivity contribution is -0.139. The summed E-state index contributed by atoms with van der Waals surface area (Å²) in [5, 5.41) is 2.76. The molecular formula is C17H13F3N2O3S. The summed E-state index contributed by atoms with van der Waals surface area (Å²) in [6, 6.07) is 10.7. The zero-order valence-electron chi connectivity index (χ0n) is 13.5. The zero-order valence-corrected chi connectivity index (χ0v) is 14.3. The average Bonchev–Trinajstić information content (AvgIpc) is 3.02. The van der Waals surface area contributed by atoms with Crippen molar-refractivity contribution in [1.29, 1.82) is 0 Å². The van der Waals surface area contributed by atoms with Crippen LogP contribution in [0.3, 0.4) is 0 Å². The second-order valence-corrected chi connectivity index (χ2v) is 6.30. The number of fused-ring (bicyclic) bond motifs is 1. The topological polar surface area (TPSA) is 60.5 Å². The quantitative estimate of drug-likeness (QED) is 0.684. The molecule has 26 heavy (non-hydrogen) atoms. The molecule has 0 bridgehead atoms. The van der Waals surface area contributed by atoms with E-state index in [-0.39, 0.29) is 18.0 Å². The van der Waals surface area contributed by atoms with Gasteiger partial charge in [-0.25, -0.2) is 9.78 Å². The first-order chi connectivity index (χ1) is 12.4. The number of methoxy groups -OCH3 is 1. The summed E-state index contributed by atoms with van der Waals surface area (Å²) in [5.41, 5.74) is -0.270. The van der Waals surface area contributed by atoms with E-state index in [4.69, 9.17) is 4.74 Å². The van der Waals surface area contributed by atoms with Crippen LogP contribution >= 0.6 is 11.3 Å². The van der Waals surface area contributed by atoms with Gasteiger partial charge in [0.1, 0.15) is 17.4 Å². The maximum atomic E-state index is 13.3. The molecule has 1 N–H and O–H groups in total. The average molecular weight is 382 g/mol. The van der Waals surface area contributed by atoms with Gasteiger partial charge in [-0.1, -0.05) is 12.1 Å². The van der Waals surface area contributed by atoms with Crippen LogP contribution in [0.4, 0.5) is 23.7 Å². The largest absolute Gasteiger partial charge is 0.486 e. The zero-order chi connectivity index (χ0) is 18.7. The maximum absolute atomic E-state index is 13.3. The molecule has 0 radical (unpaired) electrons. The number of aromatic nitrogens is 1. The molecule has 3 aromatic rings. The Labute approximate surface area is 150 Å². The highest BCUT2D eigenvalue weighted by atomic mass is 32.1. The van der Waals surface area contributed by atoms with E-state index in [9.17, 15) is 18.0 Å². The summed E-state index contributed by atoms with van der Waals surface area (Å²) in [6.45, 7) is -0.0911. The number of amides is 1. The van der Waals surface area contributed by atoms with Crippen molar-refractivity contribution in [1.82, 2.24) is 4.98 Å². The van der Waals surface area contributed by atoms with Crippen LogP contribution < -0.4 is 10.1 Å². The summed E-state index contributed by atoms with van der Waals surface area (Å²) < 4.78 is 50.6. The minimum Gasteiger partial charge on any atom is -0.486 e. The standard InChI is InChI=1S/C17H13F3N2O3S/c1-24-16(23)21-10-6-7-13(11(8-10)17(18,19)20)25-9-15-22-12-4-2-3-5-14(12)26-15/h2-8H,9H2,1H3,(H,21,23). The third-order valence-corrected chi connectivity index (χ3v) is 4.42. The molecule has 1 aromatic heterocycles. The van der Waals surface area contributed by atoms with Gasteiger partial charge in [-0.05, 0) is 30.3 Å². The highest BCUT2D eigenvalue weighted by Gasteiger charge is 2.35. The molecule has 136 valence electrons. The highest BCUT2D eigenvalue weighted by Crippen LogP contribution is 2.38. The Morgan fingerprint density at radius 1 is 1.23 bits per heavy atom. The number of para-hydroxylation sites is 1. The fourth-order valence-corrected chi connectivity index (χ4v) is 3.13. The number of carbonyl (C=O) groups is 1.